The highest BCUT2D eigenvalue weighted by molar-refractivity contribution is 4.62. The van der Waals surface area contributed by atoms with Crippen LogP contribution in [-0.4, -0.2) is 49.0 Å². The largest absolute Gasteiger partial charge is 0.389 e. The molecule has 13 heavy (non-hydrogen) atoms. The van der Waals surface area contributed by atoms with Gasteiger partial charge in [0.25, 0.3) is 0 Å². The summed E-state index contributed by atoms with van der Waals surface area (Å²) in [5.41, 5.74) is 0. The van der Waals surface area contributed by atoms with Crippen molar-refractivity contribution in [3.05, 3.63) is 0 Å². The molecule has 1 atom stereocenters. The van der Waals surface area contributed by atoms with Gasteiger partial charge in [0, 0.05) is 13.2 Å². The van der Waals surface area contributed by atoms with Crippen LogP contribution in [0.15, 0.2) is 0 Å². The predicted molar refractivity (Wildman–Crippen MR) is 54.9 cm³/mol. The first-order chi connectivity index (χ1) is 6.24. The molecule has 0 aromatic carbocycles. The van der Waals surface area contributed by atoms with Crippen molar-refractivity contribution in [3.8, 4) is 0 Å². The Labute approximate surface area is 81.7 Å². The van der Waals surface area contributed by atoms with Gasteiger partial charge in [-0.2, -0.15) is 0 Å². The highest BCUT2D eigenvalue weighted by atomic mass is 16.5. The summed E-state index contributed by atoms with van der Waals surface area (Å²) in [6, 6.07) is 0. The van der Waals surface area contributed by atoms with Crippen LogP contribution in [0.1, 0.15) is 27.2 Å². The molecule has 0 aromatic rings. The Bertz CT molecular complexity index is 109. The number of ether oxygens (including phenoxy) is 1. The van der Waals surface area contributed by atoms with Gasteiger partial charge in [-0.1, -0.05) is 13.8 Å². The molecule has 80 valence electrons. The maximum Gasteiger partial charge on any atom is 0.0900 e. The molecule has 0 amide bonds. The normalized spacial score (nSPS) is 13.6. The highest BCUT2D eigenvalue weighted by Gasteiger charge is 2.08. The molecule has 0 aliphatic heterocycles. The number of likely N-dealkylation sites (N-methyl/N-ethyl adjacent to an activating group) is 1. The van der Waals surface area contributed by atoms with E-state index in [0.29, 0.717) is 13.2 Å². The molecule has 0 saturated heterocycles. The van der Waals surface area contributed by atoms with E-state index in [1.165, 1.54) is 0 Å². The van der Waals surface area contributed by atoms with Crippen molar-refractivity contribution in [2.75, 3.05) is 32.8 Å². The Morgan fingerprint density at radius 3 is 2.46 bits per heavy atom. The molecule has 0 bridgehead atoms. The third kappa shape index (κ3) is 6.99. The van der Waals surface area contributed by atoms with Crippen LogP contribution in [0.4, 0.5) is 0 Å². The van der Waals surface area contributed by atoms with E-state index >= 15 is 0 Å². The predicted octanol–water partition coefficient (Wildman–Crippen LogP) is 1.12. The fraction of sp³-hybridized carbons (Fsp3) is 1.00. The fourth-order valence-electron chi connectivity index (χ4n) is 1.30. The first kappa shape index (κ1) is 12.9. The van der Waals surface area contributed by atoms with Gasteiger partial charge in [0.1, 0.15) is 0 Å². The van der Waals surface area contributed by atoms with Gasteiger partial charge in [-0.15, -0.1) is 0 Å². The third-order valence-corrected chi connectivity index (χ3v) is 1.97. The van der Waals surface area contributed by atoms with E-state index in [0.717, 1.165) is 26.1 Å². The lowest BCUT2D eigenvalue weighted by molar-refractivity contribution is 0.0220. The zero-order valence-corrected chi connectivity index (χ0v) is 9.12. The van der Waals surface area contributed by atoms with Crippen molar-refractivity contribution in [2.45, 2.75) is 33.3 Å². The van der Waals surface area contributed by atoms with Gasteiger partial charge in [0.15, 0.2) is 0 Å². The maximum absolute atomic E-state index is 9.54. The number of hydrogen-bond donors (Lipinski definition) is 1. The van der Waals surface area contributed by atoms with Crippen molar-refractivity contribution in [1.82, 2.24) is 4.90 Å². The number of aliphatic hydroxyl groups is 1. The lowest BCUT2D eigenvalue weighted by Gasteiger charge is -2.22. The minimum Gasteiger partial charge on any atom is -0.389 e. The maximum atomic E-state index is 9.54. The smallest absolute Gasteiger partial charge is 0.0900 e. The third-order valence-electron chi connectivity index (χ3n) is 1.97. The van der Waals surface area contributed by atoms with Gasteiger partial charge in [-0.25, -0.2) is 0 Å². The highest BCUT2D eigenvalue weighted by Crippen LogP contribution is 1.95. The van der Waals surface area contributed by atoms with Crippen LogP contribution < -0.4 is 0 Å². The first-order valence-corrected chi connectivity index (χ1v) is 5.22. The van der Waals surface area contributed by atoms with Crippen molar-refractivity contribution in [1.29, 1.82) is 0 Å². The molecule has 0 rings (SSSR count). The van der Waals surface area contributed by atoms with E-state index < -0.39 is 0 Å². The number of nitrogens with zero attached hydrogens (tertiary/aromatic N) is 1. The summed E-state index contributed by atoms with van der Waals surface area (Å²) in [6.07, 6.45) is 0.793. The molecule has 0 saturated carbocycles. The van der Waals surface area contributed by atoms with Crippen molar-refractivity contribution >= 4 is 0 Å². The van der Waals surface area contributed by atoms with Gasteiger partial charge in [-0.05, 0) is 26.4 Å². The zero-order valence-electron chi connectivity index (χ0n) is 9.12. The van der Waals surface area contributed by atoms with Crippen molar-refractivity contribution in [2.24, 2.45) is 0 Å². The number of aliphatic hydroxyl groups excluding tert-OH is 1. The molecule has 0 fully saturated rings. The first-order valence-electron chi connectivity index (χ1n) is 5.22. The summed E-state index contributed by atoms with van der Waals surface area (Å²) in [5, 5.41) is 9.54. The van der Waals surface area contributed by atoms with Gasteiger partial charge in [0.2, 0.25) is 0 Å². The lowest BCUT2D eigenvalue weighted by Crippen LogP contribution is -2.35. The van der Waals surface area contributed by atoms with Crippen LogP contribution >= 0.6 is 0 Å². The lowest BCUT2D eigenvalue weighted by atomic mass is 10.3. The van der Waals surface area contributed by atoms with Crippen molar-refractivity contribution < 1.29 is 9.84 Å². The minimum absolute atomic E-state index is 0.341. The average molecular weight is 189 g/mol. The Hall–Kier alpha value is -0.120. The molecule has 0 aliphatic carbocycles. The number of rotatable bonds is 8. The average Bonchev–Trinajstić information content (AvgIpc) is 2.14. The van der Waals surface area contributed by atoms with Gasteiger partial charge in [-0.3, -0.25) is 0 Å². The van der Waals surface area contributed by atoms with Crippen molar-refractivity contribution in [3.63, 3.8) is 0 Å². The molecule has 0 heterocycles. The van der Waals surface area contributed by atoms with E-state index in [1.807, 2.05) is 6.92 Å². The second-order valence-corrected chi connectivity index (χ2v) is 3.21. The van der Waals surface area contributed by atoms with Gasteiger partial charge in [0.05, 0.1) is 12.7 Å². The van der Waals surface area contributed by atoms with Crippen LogP contribution in [0.25, 0.3) is 0 Å². The second kappa shape index (κ2) is 8.48. The summed E-state index contributed by atoms with van der Waals surface area (Å²) in [6.45, 7) is 10.1. The summed E-state index contributed by atoms with van der Waals surface area (Å²) in [4.78, 5) is 2.24. The van der Waals surface area contributed by atoms with E-state index in [2.05, 4.69) is 18.7 Å². The monoisotopic (exact) mass is 189 g/mol. The number of hydrogen-bond acceptors (Lipinski definition) is 3. The van der Waals surface area contributed by atoms with E-state index in [-0.39, 0.29) is 6.10 Å². The summed E-state index contributed by atoms with van der Waals surface area (Å²) >= 11 is 0. The molecule has 1 unspecified atom stereocenters. The Morgan fingerprint density at radius 2 is 2.00 bits per heavy atom. The van der Waals surface area contributed by atoms with Crippen LogP contribution in [0.2, 0.25) is 0 Å². The molecule has 1 N–H and O–H groups in total. The zero-order chi connectivity index (χ0) is 10.1. The van der Waals surface area contributed by atoms with Gasteiger partial charge < -0.3 is 14.7 Å². The molecule has 3 heteroatoms. The summed E-state index contributed by atoms with van der Waals surface area (Å²) in [5.74, 6) is 0. The molecular weight excluding hydrogens is 166 g/mol. The molecule has 0 spiro atoms. The summed E-state index contributed by atoms with van der Waals surface area (Å²) < 4.78 is 5.14. The van der Waals surface area contributed by atoms with Crippen LogP contribution in [-0.2, 0) is 4.74 Å². The van der Waals surface area contributed by atoms with Crippen LogP contribution in [0.3, 0.4) is 0 Å². The molecular formula is C10H23NO2. The topological polar surface area (TPSA) is 32.7 Å². The Balaban J connectivity index is 3.53. The van der Waals surface area contributed by atoms with E-state index in [1.54, 1.807) is 0 Å². The second-order valence-electron chi connectivity index (χ2n) is 3.21. The molecule has 3 nitrogen and oxygen atoms in total. The fourth-order valence-corrected chi connectivity index (χ4v) is 1.30. The SMILES string of the molecule is CCCN(CC)CC(O)COCC. The van der Waals surface area contributed by atoms with E-state index in [9.17, 15) is 5.11 Å². The van der Waals surface area contributed by atoms with E-state index in [4.69, 9.17) is 4.74 Å². The molecule has 0 aromatic heterocycles. The molecule has 0 aliphatic rings. The van der Waals surface area contributed by atoms with Crippen LogP contribution in [0, 0.1) is 0 Å². The minimum atomic E-state index is -0.341. The van der Waals surface area contributed by atoms with Crippen LogP contribution in [0.5, 0.6) is 0 Å². The summed E-state index contributed by atoms with van der Waals surface area (Å²) in [7, 11) is 0. The molecule has 0 radical (unpaired) electrons. The standard InChI is InChI=1S/C10H23NO2/c1-4-7-11(5-2)8-10(12)9-13-6-3/h10,12H,4-9H2,1-3H3. The quantitative estimate of drug-likeness (QED) is 0.621. The Morgan fingerprint density at radius 1 is 1.31 bits per heavy atom. The van der Waals surface area contributed by atoms with Gasteiger partial charge >= 0.3 is 0 Å². The Kier molecular flexibility index (Phi) is 8.40.